The van der Waals surface area contributed by atoms with Crippen molar-refractivity contribution in [1.82, 2.24) is 5.32 Å². The van der Waals surface area contributed by atoms with Crippen LogP contribution in [0.15, 0.2) is 21.5 Å². The molecule has 0 saturated heterocycles. The maximum atomic E-state index is 14.0. The zero-order valence-electron chi connectivity index (χ0n) is 11.0. The number of aromatic carboxylic acids is 1. The van der Waals surface area contributed by atoms with Crippen LogP contribution in [0.25, 0.3) is 0 Å². The second-order valence-electron chi connectivity index (χ2n) is 4.17. The quantitative estimate of drug-likeness (QED) is 0.778. The summed E-state index contributed by atoms with van der Waals surface area (Å²) in [6.07, 6.45) is -0.00644. The third-order valence-electron chi connectivity index (χ3n) is 2.67. The predicted molar refractivity (Wildman–Crippen MR) is 76.4 cm³/mol. The van der Waals surface area contributed by atoms with E-state index in [0.717, 1.165) is 12.1 Å². The van der Waals surface area contributed by atoms with Crippen LogP contribution in [0.3, 0.4) is 0 Å². The van der Waals surface area contributed by atoms with Gasteiger partial charge < -0.3 is 10.4 Å². The third kappa shape index (κ3) is 4.50. The summed E-state index contributed by atoms with van der Waals surface area (Å²) >= 11 is 2.95. The van der Waals surface area contributed by atoms with E-state index in [2.05, 4.69) is 21.2 Å². The number of hydrogen-bond donors (Lipinski definition) is 2. The van der Waals surface area contributed by atoms with Crippen molar-refractivity contribution in [2.24, 2.45) is 0 Å². The lowest BCUT2D eigenvalue weighted by Gasteiger charge is -2.08. The maximum Gasteiger partial charge on any atom is 0.338 e. The highest BCUT2D eigenvalue weighted by molar-refractivity contribution is 9.10. The number of benzene rings is 1. The largest absolute Gasteiger partial charge is 0.478 e. The van der Waals surface area contributed by atoms with Crippen molar-refractivity contribution in [3.8, 4) is 0 Å². The number of halogens is 2. The van der Waals surface area contributed by atoms with Gasteiger partial charge in [-0.2, -0.15) is 0 Å². The number of sulfone groups is 1. The fourth-order valence-corrected chi connectivity index (χ4v) is 3.65. The number of carbonyl (C=O) groups excluding carboxylic acids is 1. The van der Waals surface area contributed by atoms with E-state index in [1.165, 1.54) is 7.05 Å². The average molecular weight is 382 g/mol. The van der Waals surface area contributed by atoms with Gasteiger partial charge in [0.2, 0.25) is 5.91 Å². The lowest BCUT2D eigenvalue weighted by atomic mass is 10.2. The van der Waals surface area contributed by atoms with Crippen molar-refractivity contribution in [2.45, 2.75) is 17.7 Å². The normalized spacial score (nSPS) is 11.2. The van der Waals surface area contributed by atoms with E-state index in [1.807, 2.05) is 0 Å². The number of carboxylic acids is 1. The Morgan fingerprint density at radius 3 is 2.52 bits per heavy atom. The zero-order chi connectivity index (χ0) is 16.2. The summed E-state index contributed by atoms with van der Waals surface area (Å²) in [6, 6.07) is 2.00. The first kappa shape index (κ1) is 17.6. The van der Waals surface area contributed by atoms with Crippen molar-refractivity contribution in [3.05, 3.63) is 28.0 Å². The van der Waals surface area contributed by atoms with Crippen LogP contribution in [-0.2, 0) is 14.6 Å². The minimum absolute atomic E-state index is 0.0103. The molecular weight excluding hydrogens is 369 g/mol. The van der Waals surface area contributed by atoms with Crippen molar-refractivity contribution in [1.29, 1.82) is 0 Å². The molecule has 0 saturated carbocycles. The molecule has 0 radical (unpaired) electrons. The molecule has 1 rings (SSSR count). The Kier molecular flexibility index (Phi) is 5.85. The standard InChI is InChI=1S/C12H13BrFNO5S/c1-15-10(16)3-2-4-21(19,20)9-6-7(13)5-8(11(9)14)12(17)18/h5-6H,2-4H2,1H3,(H,15,16)(H,17,18). The van der Waals surface area contributed by atoms with Crippen LogP contribution < -0.4 is 5.32 Å². The van der Waals surface area contributed by atoms with Gasteiger partial charge in [0, 0.05) is 17.9 Å². The molecule has 0 bridgehead atoms. The monoisotopic (exact) mass is 381 g/mol. The van der Waals surface area contributed by atoms with Gasteiger partial charge in [-0.3, -0.25) is 4.79 Å². The van der Waals surface area contributed by atoms with E-state index in [0.29, 0.717) is 0 Å². The summed E-state index contributed by atoms with van der Waals surface area (Å²) in [7, 11) is -2.60. The Hall–Kier alpha value is -1.48. The van der Waals surface area contributed by atoms with Gasteiger partial charge in [-0.1, -0.05) is 15.9 Å². The first-order chi connectivity index (χ1) is 9.69. The van der Waals surface area contributed by atoms with E-state index in [-0.39, 0.29) is 23.2 Å². The summed E-state index contributed by atoms with van der Waals surface area (Å²) in [4.78, 5) is 21.2. The molecule has 0 aliphatic rings. The molecule has 2 N–H and O–H groups in total. The van der Waals surface area contributed by atoms with Crippen molar-refractivity contribution in [3.63, 3.8) is 0 Å². The molecule has 1 aromatic carbocycles. The summed E-state index contributed by atoms with van der Waals surface area (Å²) in [5.41, 5.74) is -0.728. The molecule has 0 aromatic heterocycles. The van der Waals surface area contributed by atoms with Crippen LogP contribution in [-0.4, -0.2) is 38.2 Å². The predicted octanol–water partition coefficient (Wildman–Crippen LogP) is 1.59. The molecular formula is C12H13BrFNO5S. The van der Waals surface area contributed by atoms with Gasteiger partial charge in [-0.05, 0) is 18.6 Å². The topological polar surface area (TPSA) is 101 Å². The molecule has 116 valence electrons. The number of amides is 1. The molecule has 9 heteroatoms. The van der Waals surface area contributed by atoms with Gasteiger partial charge in [-0.15, -0.1) is 0 Å². The van der Waals surface area contributed by atoms with Gasteiger partial charge in [0.25, 0.3) is 0 Å². The number of carbonyl (C=O) groups is 2. The molecule has 21 heavy (non-hydrogen) atoms. The van der Waals surface area contributed by atoms with Crippen molar-refractivity contribution < 1.29 is 27.5 Å². The highest BCUT2D eigenvalue weighted by atomic mass is 79.9. The summed E-state index contributed by atoms with van der Waals surface area (Å²) < 4.78 is 38.3. The number of hydrogen-bond acceptors (Lipinski definition) is 4. The smallest absolute Gasteiger partial charge is 0.338 e. The van der Waals surface area contributed by atoms with Crippen LogP contribution in [0, 0.1) is 5.82 Å². The highest BCUT2D eigenvalue weighted by Crippen LogP contribution is 2.25. The summed E-state index contributed by atoms with van der Waals surface area (Å²) in [5.74, 6) is -3.64. The summed E-state index contributed by atoms with van der Waals surface area (Å²) in [5, 5.41) is 11.2. The van der Waals surface area contributed by atoms with Crippen LogP contribution in [0.4, 0.5) is 4.39 Å². The minimum atomic E-state index is -4.02. The number of rotatable bonds is 6. The van der Waals surface area contributed by atoms with Crippen molar-refractivity contribution in [2.75, 3.05) is 12.8 Å². The van der Waals surface area contributed by atoms with Gasteiger partial charge >= 0.3 is 5.97 Å². The van der Waals surface area contributed by atoms with Gasteiger partial charge in [-0.25, -0.2) is 17.6 Å². The van der Waals surface area contributed by atoms with E-state index >= 15 is 0 Å². The average Bonchev–Trinajstić information content (AvgIpc) is 2.40. The minimum Gasteiger partial charge on any atom is -0.478 e. The van der Waals surface area contributed by atoms with E-state index in [9.17, 15) is 22.4 Å². The Balaban J connectivity index is 3.08. The molecule has 0 aliphatic carbocycles. The molecule has 1 aromatic rings. The second kappa shape index (κ2) is 6.99. The Labute approximate surface area is 129 Å². The molecule has 0 aliphatic heterocycles. The maximum absolute atomic E-state index is 14.0. The highest BCUT2D eigenvalue weighted by Gasteiger charge is 2.25. The third-order valence-corrected chi connectivity index (χ3v) is 4.92. The molecule has 0 heterocycles. The SMILES string of the molecule is CNC(=O)CCCS(=O)(=O)c1cc(Br)cc(C(=O)O)c1F. The molecule has 0 unspecified atom stereocenters. The fourth-order valence-electron chi connectivity index (χ4n) is 1.60. The van der Waals surface area contributed by atoms with Gasteiger partial charge in [0.15, 0.2) is 15.7 Å². The first-order valence-electron chi connectivity index (χ1n) is 5.84. The molecule has 0 atom stereocenters. The molecule has 0 fully saturated rings. The summed E-state index contributed by atoms with van der Waals surface area (Å²) in [6.45, 7) is 0. The molecule has 0 spiro atoms. The van der Waals surface area contributed by atoms with Gasteiger partial charge in [0.1, 0.15) is 4.90 Å². The van der Waals surface area contributed by atoms with Crippen LogP contribution in [0.5, 0.6) is 0 Å². The molecule has 6 nitrogen and oxygen atoms in total. The lowest BCUT2D eigenvalue weighted by molar-refractivity contribution is -0.120. The van der Waals surface area contributed by atoms with Gasteiger partial charge in [0.05, 0.1) is 11.3 Å². The van der Waals surface area contributed by atoms with E-state index < -0.39 is 37.8 Å². The number of nitrogens with one attached hydrogen (secondary N) is 1. The van der Waals surface area contributed by atoms with Crippen LogP contribution >= 0.6 is 15.9 Å². The lowest BCUT2D eigenvalue weighted by Crippen LogP contribution is -2.19. The van der Waals surface area contributed by atoms with E-state index in [1.54, 1.807) is 0 Å². The first-order valence-corrected chi connectivity index (χ1v) is 8.29. The fraction of sp³-hybridized carbons (Fsp3) is 0.333. The van der Waals surface area contributed by atoms with Crippen LogP contribution in [0.1, 0.15) is 23.2 Å². The van der Waals surface area contributed by atoms with Crippen molar-refractivity contribution >= 4 is 37.6 Å². The van der Waals surface area contributed by atoms with E-state index in [4.69, 9.17) is 5.11 Å². The Morgan fingerprint density at radius 1 is 1.38 bits per heavy atom. The second-order valence-corrected chi connectivity index (χ2v) is 7.16. The zero-order valence-corrected chi connectivity index (χ0v) is 13.4. The number of carboxylic acid groups (broad SMARTS) is 1. The Bertz CT molecular complexity index is 674. The Morgan fingerprint density at radius 2 is 2.00 bits per heavy atom. The molecule has 1 amide bonds. The van der Waals surface area contributed by atoms with Crippen LogP contribution in [0.2, 0.25) is 0 Å².